The molecule has 5 atom stereocenters. The van der Waals surface area contributed by atoms with Crippen molar-refractivity contribution in [3.8, 4) is 0 Å². The minimum atomic E-state index is -4.95. The van der Waals surface area contributed by atoms with Gasteiger partial charge in [0.25, 0.3) is 5.56 Å². The third-order valence-corrected chi connectivity index (χ3v) is 4.66. The summed E-state index contributed by atoms with van der Waals surface area (Å²) in [7, 11) is -4.95. The standard InChI is InChI=1S/C12H13N2O10P/c1-5(15)21-4-6-8-9(23-12(18)25(19,20)24-8)10(22-6)14-3-2-7(16)13-11(14)17/h2-3,6,8-10H,4H2,1H3,(H,19,20)(H,13,16,17)/p-1/t6-,8-,9-,10-/m1/s1. The third kappa shape index (κ3) is 3.29. The van der Waals surface area contributed by atoms with E-state index in [2.05, 4.69) is 0 Å². The van der Waals surface area contributed by atoms with Crippen LogP contribution >= 0.6 is 7.60 Å². The van der Waals surface area contributed by atoms with Gasteiger partial charge in [0.05, 0.1) is 0 Å². The molecular weight excluding hydrogens is 363 g/mol. The fourth-order valence-electron chi connectivity index (χ4n) is 2.53. The summed E-state index contributed by atoms with van der Waals surface area (Å²) in [4.78, 5) is 59.2. The number of hydrogen-bond donors (Lipinski definition) is 1. The molecule has 13 heteroatoms. The van der Waals surface area contributed by atoms with Crippen molar-refractivity contribution in [1.29, 1.82) is 0 Å². The van der Waals surface area contributed by atoms with E-state index in [0.29, 0.717) is 0 Å². The maximum atomic E-state index is 11.9. The van der Waals surface area contributed by atoms with Gasteiger partial charge in [0.15, 0.2) is 12.3 Å². The second-order valence-corrected chi connectivity index (χ2v) is 6.87. The monoisotopic (exact) mass is 375 g/mol. The second-order valence-electron chi connectivity index (χ2n) is 5.30. The van der Waals surface area contributed by atoms with Gasteiger partial charge in [-0.05, 0) is 0 Å². The van der Waals surface area contributed by atoms with Gasteiger partial charge < -0.3 is 23.6 Å². The molecule has 1 N–H and O–H groups in total. The summed E-state index contributed by atoms with van der Waals surface area (Å²) in [6, 6.07) is 1.03. The average Bonchev–Trinajstić information content (AvgIpc) is 2.83. The molecule has 1 unspecified atom stereocenters. The first-order valence-electron chi connectivity index (χ1n) is 7.00. The summed E-state index contributed by atoms with van der Waals surface area (Å²) in [5.41, 5.74) is -3.13. The van der Waals surface area contributed by atoms with Crippen molar-refractivity contribution in [2.45, 2.75) is 31.5 Å². The predicted octanol–water partition coefficient (Wildman–Crippen LogP) is -1.55. The van der Waals surface area contributed by atoms with Gasteiger partial charge in [0.2, 0.25) is 7.60 Å². The molecule has 2 saturated heterocycles. The summed E-state index contributed by atoms with van der Waals surface area (Å²) in [6.07, 6.45) is -3.92. The van der Waals surface area contributed by atoms with Crippen molar-refractivity contribution in [2.24, 2.45) is 0 Å². The Morgan fingerprint density at radius 2 is 2.12 bits per heavy atom. The highest BCUT2D eigenvalue weighted by molar-refractivity contribution is 7.69. The van der Waals surface area contributed by atoms with Gasteiger partial charge in [-0.1, -0.05) is 0 Å². The van der Waals surface area contributed by atoms with Crippen LogP contribution in [0.1, 0.15) is 13.2 Å². The molecular formula is C12H12N2O10P-. The molecule has 2 aliphatic rings. The highest BCUT2D eigenvalue weighted by Crippen LogP contribution is 2.51. The topological polar surface area (TPSA) is 166 Å². The molecule has 3 rings (SSSR count). The lowest BCUT2D eigenvalue weighted by Gasteiger charge is -2.35. The number of H-pyrrole nitrogens is 1. The quantitative estimate of drug-likeness (QED) is 0.483. The van der Waals surface area contributed by atoms with Crippen molar-refractivity contribution >= 4 is 19.3 Å². The minimum absolute atomic E-state index is 0.386. The molecule has 25 heavy (non-hydrogen) atoms. The minimum Gasteiger partial charge on any atom is -0.770 e. The molecule has 3 heterocycles. The normalized spacial score (nSPS) is 34.2. The lowest BCUT2D eigenvalue weighted by atomic mass is 10.1. The van der Waals surface area contributed by atoms with Crippen LogP contribution in [0.15, 0.2) is 21.9 Å². The summed E-state index contributed by atoms with van der Waals surface area (Å²) < 4.78 is 32.5. The SMILES string of the molecule is CC(=O)OC[C@H]1O[C@@H](n2ccc(=O)[nH]c2=O)[C@@H]2OC(=O)P(=O)([O-])O[C@@H]21. The van der Waals surface area contributed by atoms with Gasteiger partial charge in [-0.25, -0.2) is 9.59 Å². The van der Waals surface area contributed by atoms with E-state index in [4.69, 9.17) is 18.7 Å². The Kier molecular flexibility index (Phi) is 4.37. The van der Waals surface area contributed by atoms with Crippen molar-refractivity contribution in [3.05, 3.63) is 33.1 Å². The van der Waals surface area contributed by atoms with Crippen LogP contribution in [0.25, 0.3) is 0 Å². The number of nitrogens with zero attached hydrogens (tertiary/aromatic N) is 1. The fourth-order valence-corrected chi connectivity index (χ4v) is 3.44. The molecule has 0 aromatic carbocycles. The van der Waals surface area contributed by atoms with Gasteiger partial charge >= 0.3 is 17.4 Å². The molecule has 2 aliphatic heterocycles. The number of aromatic nitrogens is 2. The molecule has 0 bridgehead atoms. The molecule has 0 saturated carbocycles. The Labute approximate surface area is 138 Å². The van der Waals surface area contributed by atoms with E-state index in [1.54, 1.807) is 0 Å². The zero-order valence-corrected chi connectivity index (χ0v) is 13.5. The lowest BCUT2D eigenvalue weighted by molar-refractivity contribution is -0.210. The van der Waals surface area contributed by atoms with E-state index in [0.717, 1.165) is 23.8 Å². The average molecular weight is 375 g/mol. The number of nitrogens with one attached hydrogen (secondary N) is 1. The number of aromatic amines is 1. The van der Waals surface area contributed by atoms with E-state index in [1.807, 2.05) is 4.98 Å². The Bertz CT molecular complexity index is 875. The lowest BCUT2D eigenvalue weighted by Crippen LogP contribution is -2.46. The molecule has 2 fully saturated rings. The zero-order chi connectivity index (χ0) is 18.4. The molecule has 0 radical (unpaired) electrons. The van der Waals surface area contributed by atoms with Crippen LogP contribution in [-0.4, -0.2) is 46.1 Å². The van der Waals surface area contributed by atoms with Crippen LogP contribution in [0.4, 0.5) is 4.79 Å². The van der Waals surface area contributed by atoms with Crippen LogP contribution in [-0.2, 0) is 28.1 Å². The summed E-state index contributed by atoms with van der Waals surface area (Å²) in [5, 5.41) is 0. The zero-order valence-electron chi connectivity index (χ0n) is 12.6. The van der Waals surface area contributed by atoms with Crippen LogP contribution in [0, 0.1) is 0 Å². The molecule has 0 spiro atoms. The van der Waals surface area contributed by atoms with E-state index in [-0.39, 0.29) is 6.61 Å². The van der Waals surface area contributed by atoms with E-state index < -0.39 is 55.1 Å². The van der Waals surface area contributed by atoms with Crippen LogP contribution in [0.3, 0.4) is 0 Å². The maximum Gasteiger partial charge on any atom is 0.377 e. The molecule has 1 aromatic heterocycles. The van der Waals surface area contributed by atoms with Crippen molar-refractivity contribution in [3.63, 3.8) is 0 Å². The van der Waals surface area contributed by atoms with Crippen LogP contribution in [0.5, 0.6) is 0 Å². The smallest absolute Gasteiger partial charge is 0.377 e. The number of carbonyl (C=O) groups is 2. The number of esters is 1. The van der Waals surface area contributed by atoms with Gasteiger partial charge in [-0.2, -0.15) is 0 Å². The van der Waals surface area contributed by atoms with Gasteiger partial charge in [-0.15, -0.1) is 0 Å². The second kappa shape index (κ2) is 6.23. The van der Waals surface area contributed by atoms with Gasteiger partial charge in [-0.3, -0.25) is 23.7 Å². The molecule has 1 aromatic rings. The van der Waals surface area contributed by atoms with Crippen molar-refractivity contribution < 1.29 is 37.8 Å². The Morgan fingerprint density at radius 1 is 1.40 bits per heavy atom. The number of ether oxygens (including phenoxy) is 3. The highest BCUT2D eigenvalue weighted by atomic mass is 31.2. The number of hydrogen-bond acceptors (Lipinski definition) is 10. The van der Waals surface area contributed by atoms with Crippen LogP contribution < -0.4 is 16.1 Å². The van der Waals surface area contributed by atoms with E-state index >= 15 is 0 Å². The largest absolute Gasteiger partial charge is 0.770 e. The van der Waals surface area contributed by atoms with Crippen molar-refractivity contribution in [1.82, 2.24) is 9.55 Å². The predicted molar refractivity (Wildman–Crippen MR) is 74.6 cm³/mol. The summed E-state index contributed by atoms with van der Waals surface area (Å²) in [5.74, 6) is -0.650. The number of carbonyl (C=O) groups excluding carboxylic acids is 2. The Morgan fingerprint density at radius 3 is 2.76 bits per heavy atom. The molecule has 0 amide bonds. The van der Waals surface area contributed by atoms with Crippen molar-refractivity contribution in [2.75, 3.05) is 6.61 Å². The molecule has 12 nitrogen and oxygen atoms in total. The Hall–Kier alpha value is -2.27. The third-order valence-electron chi connectivity index (χ3n) is 3.58. The first kappa shape index (κ1) is 17.5. The highest BCUT2D eigenvalue weighted by Gasteiger charge is 2.55. The maximum absolute atomic E-state index is 11.9. The molecule has 136 valence electrons. The fraction of sp³-hybridized carbons (Fsp3) is 0.500. The van der Waals surface area contributed by atoms with E-state index in [9.17, 15) is 28.6 Å². The molecule has 0 aliphatic carbocycles. The van der Waals surface area contributed by atoms with Gasteiger partial charge in [0.1, 0.15) is 18.8 Å². The number of rotatable bonds is 3. The van der Waals surface area contributed by atoms with Gasteiger partial charge in [0, 0.05) is 19.2 Å². The van der Waals surface area contributed by atoms with E-state index in [1.165, 1.54) is 0 Å². The first-order chi connectivity index (χ1) is 11.7. The first-order valence-corrected chi connectivity index (χ1v) is 8.54. The van der Waals surface area contributed by atoms with Crippen LogP contribution in [0.2, 0.25) is 0 Å². The summed E-state index contributed by atoms with van der Waals surface area (Å²) in [6.45, 7) is 0.749. The Balaban J connectivity index is 1.95. The summed E-state index contributed by atoms with van der Waals surface area (Å²) >= 11 is 0. The number of fused-ring (bicyclic) bond motifs is 1.